The number of anilines is 12. The van der Waals surface area contributed by atoms with E-state index in [4.69, 9.17) is 0 Å². The Labute approximate surface area is 697 Å². The Hall–Kier alpha value is -15.5. The molecule has 0 saturated heterocycles. The lowest BCUT2D eigenvalue weighted by atomic mass is 9.30. The van der Waals surface area contributed by atoms with Crippen LogP contribution in [0.5, 0.6) is 0 Å². The molecule has 4 nitrogen and oxygen atoms in total. The summed E-state index contributed by atoms with van der Waals surface area (Å²) in [5, 5.41) is 14.8. The van der Waals surface area contributed by atoms with E-state index in [1.165, 1.54) is 97.4 Å². The van der Waals surface area contributed by atoms with Crippen molar-refractivity contribution >= 4 is 179 Å². The lowest BCUT2D eigenvalue weighted by Gasteiger charge is -2.48. The third kappa shape index (κ3) is 10.3. The first-order valence-electron chi connectivity index (χ1n) is 41.8. The van der Waals surface area contributed by atoms with Crippen LogP contribution < -0.4 is 52.4 Å². The summed E-state index contributed by atoms with van der Waals surface area (Å²) in [6.45, 7) is -0.571. The molecule has 0 fully saturated rings. The van der Waals surface area contributed by atoms with Crippen molar-refractivity contribution in [2.45, 2.75) is 0 Å². The number of benzene rings is 21. The zero-order valence-corrected chi connectivity index (χ0v) is 65.5. The molecule has 0 N–H and O–H groups in total. The third-order valence-electron chi connectivity index (χ3n) is 26.1. The first kappa shape index (κ1) is 67.8. The van der Waals surface area contributed by atoms with Crippen LogP contribution in [0.15, 0.2) is 437 Å². The molecule has 0 radical (unpaired) electrons. The highest BCUT2D eigenvalue weighted by Crippen LogP contribution is 2.56. The monoisotopic (exact) mass is 1520 g/mol. The molecule has 0 amide bonds. The Morgan fingerprint density at radius 3 is 0.750 bits per heavy atom. The van der Waals surface area contributed by atoms with Gasteiger partial charge in [0.2, 0.25) is 0 Å². The van der Waals surface area contributed by atoms with E-state index in [9.17, 15) is 0 Å². The average molecular weight is 1520 g/mol. The van der Waals surface area contributed by atoms with Crippen molar-refractivity contribution in [3.63, 3.8) is 0 Å². The Morgan fingerprint density at radius 1 is 0.142 bits per heavy atom. The summed E-state index contributed by atoms with van der Waals surface area (Å²) in [5.41, 5.74) is 34.3. The number of nitrogens with zero attached hydrogens (tertiary/aromatic N) is 4. The molecule has 0 spiro atoms. The van der Waals surface area contributed by atoms with Crippen molar-refractivity contribution < 1.29 is 0 Å². The molecule has 554 valence electrons. The Bertz CT molecular complexity index is 7630. The number of para-hydroxylation sites is 4. The Kier molecular flexibility index (Phi) is 15.3. The lowest BCUT2D eigenvalue weighted by Crippen LogP contribution is -2.65. The molecular weight excluding hydrogens is 1450 g/mol. The van der Waals surface area contributed by atoms with Crippen molar-refractivity contribution in [1.29, 1.82) is 0 Å². The van der Waals surface area contributed by atoms with Gasteiger partial charge in [-0.05, 0) is 209 Å². The first-order valence-corrected chi connectivity index (χ1v) is 41.8. The van der Waals surface area contributed by atoms with Gasteiger partial charge < -0.3 is 19.6 Å². The molecule has 0 atom stereocenters. The van der Waals surface area contributed by atoms with Crippen molar-refractivity contribution in [3.05, 3.63) is 437 Å². The summed E-state index contributed by atoms with van der Waals surface area (Å²) in [6, 6.07) is 165. The minimum absolute atomic E-state index is 0.283. The van der Waals surface area contributed by atoms with Gasteiger partial charge >= 0.3 is 0 Å². The zero-order chi connectivity index (χ0) is 78.6. The summed E-state index contributed by atoms with van der Waals surface area (Å²) in [5.74, 6) is 0. The van der Waals surface area contributed by atoms with E-state index >= 15 is 0 Å². The second-order valence-electron chi connectivity index (χ2n) is 32.4. The van der Waals surface area contributed by atoms with Gasteiger partial charge in [0.15, 0.2) is 0 Å². The van der Waals surface area contributed by atoms with Gasteiger partial charge in [-0.25, -0.2) is 0 Å². The maximum Gasteiger partial charge on any atom is 0.252 e. The number of hydrogen-bond acceptors (Lipinski definition) is 4. The Balaban J connectivity index is 0.843. The molecule has 6 heteroatoms. The normalized spacial score (nSPS) is 12.9. The van der Waals surface area contributed by atoms with Gasteiger partial charge in [-0.15, -0.1) is 0 Å². The fraction of sp³-hybridized carbons (Fsp3) is 0. The molecule has 0 saturated carbocycles. The van der Waals surface area contributed by atoms with Gasteiger partial charge in [0.05, 0.1) is 11.4 Å². The molecule has 4 heterocycles. The van der Waals surface area contributed by atoms with Crippen molar-refractivity contribution in [3.8, 4) is 66.8 Å². The second kappa shape index (κ2) is 27.1. The van der Waals surface area contributed by atoms with Gasteiger partial charge in [0.1, 0.15) is 0 Å². The molecule has 21 aromatic carbocycles. The fourth-order valence-electron chi connectivity index (χ4n) is 21.1. The summed E-state index contributed by atoms with van der Waals surface area (Å²) in [7, 11) is 0. The van der Waals surface area contributed by atoms with Gasteiger partial charge in [-0.1, -0.05) is 370 Å². The molecular formula is C114H72B2N4. The van der Waals surface area contributed by atoms with E-state index in [0.717, 1.165) is 135 Å². The molecule has 4 aliphatic heterocycles. The summed E-state index contributed by atoms with van der Waals surface area (Å²) < 4.78 is 0. The van der Waals surface area contributed by atoms with Crippen LogP contribution in [0.4, 0.5) is 68.2 Å². The zero-order valence-electron chi connectivity index (χ0n) is 65.5. The van der Waals surface area contributed by atoms with Crippen LogP contribution >= 0.6 is 0 Å². The van der Waals surface area contributed by atoms with E-state index < -0.39 is 0 Å². The van der Waals surface area contributed by atoms with E-state index in [-0.39, 0.29) is 13.4 Å². The predicted molar refractivity (Wildman–Crippen MR) is 512 cm³/mol. The minimum Gasteiger partial charge on any atom is -0.311 e. The van der Waals surface area contributed by atoms with E-state index in [0.29, 0.717) is 0 Å². The van der Waals surface area contributed by atoms with Gasteiger partial charge in [-0.3, -0.25) is 0 Å². The molecule has 0 unspecified atom stereocenters. The first-order chi connectivity index (χ1) is 59.6. The SMILES string of the molecule is c1ccc(-c2cc3c4c(c2)N(c2c(-c5ccccc5)cccc2-c2ccccc2)c2ccccc2B4c2cc4c(cc2N3c2ccc3c5ccccc5c5ccccc5c3c2)N(c2c(-c3ccccc3)cccc2-c2ccccc2)c2cc(-c3ccccc3)cc3c2B4c2ccccc2N3c2ccc3c4ccccc4c4ccccc4c3c2)cc1. The van der Waals surface area contributed by atoms with Gasteiger partial charge in [0, 0.05) is 79.1 Å². The van der Waals surface area contributed by atoms with Crippen LogP contribution in [0.2, 0.25) is 0 Å². The summed E-state index contributed by atoms with van der Waals surface area (Å²) >= 11 is 0. The fourth-order valence-corrected chi connectivity index (χ4v) is 21.1. The third-order valence-corrected chi connectivity index (χ3v) is 26.1. The molecule has 21 aromatic rings. The minimum atomic E-state index is -0.289. The lowest BCUT2D eigenvalue weighted by molar-refractivity contribution is 1.24. The molecule has 0 bridgehead atoms. The average Bonchev–Trinajstić information content (AvgIpc) is 0.678. The quantitative estimate of drug-likeness (QED) is 0.0999. The molecule has 0 aliphatic carbocycles. The highest BCUT2D eigenvalue weighted by molar-refractivity contribution is 7.03. The van der Waals surface area contributed by atoms with Crippen LogP contribution in [0, 0.1) is 0 Å². The number of rotatable bonds is 10. The maximum absolute atomic E-state index is 2.73. The van der Waals surface area contributed by atoms with Crippen LogP contribution in [0.3, 0.4) is 0 Å². The number of hydrogen-bond donors (Lipinski definition) is 0. The van der Waals surface area contributed by atoms with Crippen LogP contribution in [-0.4, -0.2) is 13.4 Å². The van der Waals surface area contributed by atoms with Gasteiger partial charge in [-0.2, -0.15) is 0 Å². The van der Waals surface area contributed by atoms with Crippen molar-refractivity contribution in [1.82, 2.24) is 0 Å². The molecule has 0 aromatic heterocycles. The number of fused-ring (bicyclic) bond motifs is 20. The molecule has 120 heavy (non-hydrogen) atoms. The van der Waals surface area contributed by atoms with Crippen LogP contribution in [-0.2, 0) is 0 Å². The predicted octanol–water partition coefficient (Wildman–Crippen LogP) is 26.8. The largest absolute Gasteiger partial charge is 0.311 e. The molecule has 4 aliphatic rings. The smallest absolute Gasteiger partial charge is 0.252 e. The summed E-state index contributed by atoms with van der Waals surface area (Å²) in [6.07, 6.45) is 0. The summed E-state index contributed by atoms with van der Waals surface area (Å²) in [4.78, 5) is 10.7. The second-order valence-corrected chi connectivity index (χ2v) is 32.4. The highest BCUT2D eigenvalue weighted by Gasteiger charge is 2.50. The van der Waals surface area contributed by atoms with E-state index in [2.05, 4.69) is 456 Å². The highest BCUT2D eigenvalue weighted by atomic mass is 15.2. The van der Waals surface area contributed by atoms with E-state index in [1.807, 2.05) is 0 Å². The maximum atomic E-state index is 2.73. The standard InChI is InChI=1S/C114H72B2N4/c1-7-33-73(34-8-1)79-65-107-111-110(68-79)120(114-85(77-41-15-5-16-42-77)55-32-56-86(114)78-43-17-6-18-44-78)106-72-105-101(71-102(106)115(111)99-57-27-29-59-103(99)117(107)81-61-63-95-91-49-21-19-45-87(91)89-47-23-25-51-93(89)97(95)69-81)116-100-58-28-30-60-104(100)119(113-83(75-37-11-3-12-38-75)53-31-54-84(113)76-39-13-4-14-40-76)109-67-80(74-35-9-2-10-36-74)66-108(112(109)116)118(105)82-62-64-96-92-50-22-20-46-88(92)90-48-24-26-52-94(90)98(96)70-82/h1-72H. The Morgan fingerprint density at radius 2 is 0.400 bits per heavy atom. The van der Waals surface area contributed by atoms with Crippen molar-refractivity contribution in [2.75, 3.05) is 19.6 Å². The van der Waals surface area contributed by atoms with Crippen molar-refractivity contribution in [2.24, 2.45) is 0 Å². The van der Waals surface area contributed by atoms with Crippen LogP contribution in [0.1, 0.15) is 0 Å². The van der Waals surface area contributed by atoms with Crippen LogP contribution in [0.25, 0.3) is 131 Å². The molecule has 25 rings (SSSR count). The topological polar surface area (TPSA) is 13.0 Å². The van der Waals surface area contributed by atoms with Gasteiger partial charge in [0.25, 0.3) is 13.4 Å². The van der Waals surface area contributed by atoms with E-state index in [1.54, 1.807) is 0 Å².